The van der Waals surface area contributed by atoms with Crippen molar-refractivity contribution in [3.63, 3.8) is 0 Å². The van der Waals surface area contributed by atoms with Crippen molar-refractivity contribution in [1.82, 2.24) is 15.0 Å². The van der Waals surface area contributed by atoms with Crippen LogP contribution in [0.3, 0.4) is 0 Å². The third kappa shape index (κ3) is 4.61. The van der Waals surface area contributed by atoms with E-state index >= 15 is 0 Å². The van der Waals surface area contributed by atoms with Crippen molar-refractivity contribution in [2.24, 2.45) is 0 Å². The summed E-state index contributed by atoms with van der Waals surface area (Å²) in [5.41, 5.74) is 9.33. The van der Waals surface area contributed by atoms with Crippen LogP contribution in [0.1, 0.15) is 23.0 Å². The Morgan fingerprint density at radius 2 is 1.85 bits per heavy atom. The minimum Gasteiger partial charge on any atom is -0.393 e. The highest BCUT2D eigenvalue weighted by Crippen LogP contribution is 2.35. The molecule has 2 N–H and O–H groups in total. The summed E-state index contributed by atoms with van der Waals surface area (Å²) in [4.78, 5) is 29.7. The van der Waals surface area contributed by atoms with Gasteiger partial charge >= 0.3 is 0 Å². The van der Waals surface area contributed by atoms with Gasteiger partial charge in [0.2, 0.25) is 0 Å². The summed E-state index contributed by atoms with van der Waals surface area (Å²) < 4.78 is 5.44. The van der Waals surface area contributed by atoms with Gasteiger partial charge in [-0.05, 0) is 37.1 Å². The fraction of sp³-hybridized carbons (Fsp3) is 0.280. The Morgan fingerprint density at radius 1 is 1.15 bits per heavy atom. The van der Waals surface area contributed by atoms with E-state index in [1.54, 1.807) is 18.0 Å². The first-order valence-corrected chi connectivity index (χ1v) is 11.2. The number of nitrogen functional groups attached to an aromatic ring is 1. The number of benzene rings is 2. The highest BCUT2D eigenvalue weighted by molar-refractivity contribution is 6.02. The molecule has 2 aromatic carbocycles. The molecule has 1 aliphatic rings. The van der Waals surface area contributed by atoms with Gasteiger partial charge in [-0.1, -0.05) is 36.4 Å². The number of carbonyl (C=O) groups is 1. The number of aromatic nitrogens is 1. The van der Waals surface area contributed by atoms with Crippen LogP contribution in [0.4, 0.5) is 11.4 Å². The molecule has 0 aliphatic carbocycles. The van der Waals surface area contributed by atoms with E-state index < -0.39 is 4.92 Å². The first kappa shape index (κ1) is 23.3. The summed E-state index contributed by atoms with van der Waals surface area (Å²) >= 11 is 0. The molecular weight excluding hydrogens is 434 g/mol. The van der Waals surface area contributed by atoms with Gasteiger partial charge in [-0.2, -0.15) is 0 Å². The number of nitrogens with two attached hydrogens (primary N) is 1. The van der Waals surface area contributed by atoms with Crippen LogP contribution in [0, 0.1) is 17.0 Å². The molecule has 1 saturated heterocycles. The maximum atomic E-state index is 13.9. The van der Waals surface area contributed by atoms with Crippen molar-refractivity contribution in [2.45, 2.75) is 13.8 Å². The van der Waals surface area contributed by atoms with E-state index in [-0.39, 0.29) is 17.3 Å². The van der Waals surface area contributed by atoms with E-state index in [0.717, 1.165) is 5.56 Å². The Labute approximate surface area is 197 Å². The second kappa shape index (κ2) is 9.98. The van der Waals surface area contributed by atoms with Gasteiger partial charge < -0.3 is 10.5 Å². The average Bonchev–Trinajstić information content (AvgIpc) is 2.85. The van der Waals surface area contributed by atoms with E-state index in [1.165, 1.54) is 12.1 Å². The first-order chi connectivity index (χ1) is 16.4. The zero-order chi connectivity index (χ0) is 24.2. The molecule has 0 atom stereocenters. The molecule has 4 rings (SSSR count). The van der Waals surface area contributed by atoms with Crippen molar-refractivity contribution in [2.75, 3.05) is 38.6 Å². The number of aryl methyl sites for hydroxylation is 1. The normalized spacial score (nSPS) is 14.1. The topological polar surface area (TPSA) is 115 Å². The van der Waals surface area contributed by atoms with Crippen LogP contribution >= 0.6 is 0 Å². The molecule has 2 heterocycles. The number of hydrogen-bond donors (Lipinski definition) is 1. The van der Waals surface area contributed by atoms with Gasteiger partial charge in [0.25, 0.3) is 11.6 Å². The predicted octanol–water partition coefficient (Wildman–Crippen LogP) is 3.92. The van der Waals surface area contributed by atoms with Crippen molar-refractivity contribution in [3.05, 3.63) is 76.0 Å². The van der Waals surface area contributed by atoms with Crippen LogP contribution in [-0.4, -0.2) is 58.7 Å². The Bertz CT molecular complexity index is 1210. The van der Waals surface area contributed by atoms with Crippen molar-refractivity contribution in [1.29, 1.82) is 0 Å². The fourth-order valence-electron chi connectivity index (χ4n) is 4.19. The van der Waals surface area contributed by atoms with Gasteiger partial charge in [-0.15, -0.1) is 0 Å². The van der Waals surface area contributed by atoms with Crippen LogP contribution < -0.4 is 5.73 Å². The zero-order valence-corrected chi connectivity index (χ0v) is 19.2. The standard InChI is InChI=1S/C25H27N5O4/c1-3-29(28-11-13-34-14-12-28)25(31)24-17(2)27-22(18-7-5-4-6-8-18)16-20(24)19-9-10-21(26)23(15-19)30(32)33/h4-10,15-16H,3,11-14,26H2,1-2H3. The lowest BCUT2D eigenvalue weighted by Gasteiger charge is -2.37. The molecule has 9 heteroatoms. The minimum absolute atomic E-state index is 0.0687. The first-order valence-electron chi connectivity index (χ1n) is 11.2. The number of pyridine rings is 1. The van der Waals surface area contributed by atoms with Crippen LogP contribution in [0.2, 0.25) is 0 Å². The molecule has 0 spiro atoms. The molecule has 176 valence electrons. The molecule has 0 unspecified atom stereocenters. The van der Waals surface area contributed by atoms with Gasteiger partial charge in [-0.25, -0.2) is 5.01 Å². The van der Waals surface area contributed by atoms with Crippen molar-refractivity contribution < 1.29 is 14.5 Å². The van der Waals surface area contributed by atoms with Crippen LogP contribution in [0.15, 0.2) is 54.6 Å². The second-order valence-corrected chi connectivity index (χ2v) is 8.00. The number of nitro benzene ring substituents is 1. The molecule has 1 aliphatic heterocycles. The monoisotopic (exact) mass is 461 g/mol. The Hall–Kier alpha value is -3.82. The van der Waals surface area contributed by atoms with Gasteiger partial charge in [0.05, 0.1) is 35.1 Å². The summed E-state index contributed by atoms with van der Waals surface area (Å²) in [5.74, 6) is -0.205. The minimum atomic E-state index is -0.515. The number of hydrazine groups is 1. The lowest BCUT2D eigenvalue weighted by atomic mass is 9.95. The highest BCUT2D eigenvalue weighted by atomic mass is 16.6. The molecule has 34 heavy (non-hydrogen) atoms. The van der Waals surface area contributed by atoms with Gasteiger partial charge in [-0.3, -0.25) is 24.9 Å². The number of rotatable bonds is 6. The summed E-state index contributed by atoms with van der Waals surface area (Å²) in [6, 6.07) is 16.0. The van der Waals surface area contributed by atoms with E-state index in [4.69, 9.17) is 15.5 Å². The number of nitrogens with zero attached hydrogens (tertiary/aromatic N) is 4. The van der Waals surface area contributed by atoms with Crippen LogP contribution in [0.25, 0.3) is 22.4 Å². The number of nitro groups is 1. The molecule has 9 nitrogen and oxygen atoms in total. The number of morpholine rings is 1. The largest absolute Gasteiger partial charge is 0.393 e. The van der Waals surface area contributed by atoms with Gasteiger partial charge in [0.15, 0.2) is 0 Å². The quantitative estimate of drug-likeness (QED) is 0.336. The van der Waals surface area contributed by atoms with Crippen molar-refractivity contribution in [3.8, 4) is 22.4 Å². The van der Waals surface area contributed by atoms with E-state index in [2.05, 4.69) is 0 Å². The second-order valence-electron chi connectivity index (χ2n) is 8.00. The summed E-state index contributed by atoms with van der Waals surface area (Å²) in [5, 5.41) is 15.2. The molecule has 1 fully saturated rings. The van der Waals surface area contributed by atoms with E-state index in [9.17, 15) is 14.9 Å². The fourth-order valence-corrected chi connectivity index (χ4v) is 4.19. The summed E-state index contributed by atoms with van der Waals surface area (Å²) in [6.07, 6.45) is 0. The smallest absolute Gasteiger partial charge is 0.292 e. The number of hydrogen-bond acceptors (Lipinski definition) is 7. The molecule has 0 saturated carbocycles. The third-order valence-corrected chi connectivity index (χ3v) is 5.88. The maximum absolute atomic E-state index is 13.9. The number of anilines is 1. The van der Waals surface area contributed by atoms with Gasteiger partial charge in [0.1, 0.15) is 5.69 Å². The maximum Gasteiger partial charge on any atom is 0.292 e. The summed E-state index contributed by atoms with van der Waals surface area (Å²) in [6.45, 7) is 6.49. The average molecular weight is 462 g/mol. The number of ether oxygens (including phenoxy) is 1. The lowest BCUT2D eigenvalue weighted by Crippen LogP contribution is -2.51. The molecule has 1 amide bonds. The Morgan fingerprint density at radius 3 is 2.50 bits per heavy atom. The van der Waals surface area contributed by atoms with Crippen LogP contribution in [0.5, 0.6) is 0 Å². The van der Waals surface area contributed by atoms with Gasteiger partial charge in [0, 0.05) is 31.3 Å². The number of amides is 1. The summed E-state index contributed by atoms with van der Waals surface area (Å²) in [7, 11) is 0. The molecular formula is C25H27N5O4. The molecule has 0 radical (unpaired) electrons. The zero-order valence-electron chi connectivity index (χ0n) is 19.2. The van der Waals surface area contributed by atoms with Crippen LogP contribution in [-0.2, 0) is 4.74 Å². The van der Waals surface area contributed by atoms with E-state index in [1.807, 2.05) is 48.3 Å². The Kier molecular flexibility index (Phi) is 6.85. The lowest BCUT2D eigenvalue weighted by molar-refractivity contribution is -0.383. The molecule has 1 aromatic heterocycles. The predicted molar refractivity (Wildman–Crippen MR) is 130 cm³/mol. The molecule has 0 bridgehead atoms. The van der Waals surface area contributed by atoms with E-state index in [0.29, 0.717) is 60.9 Å². The highest BCUT2D eigenvalue weighted by Gasteiger charge is 2.28. The molecule has 3 aromatic rings. The van der Waals surface area contributed by atoms with Crippen molar-refractivity contribution >= 4 is 17.3 Å². The SMILES string of the molecule is CCN(C(=O)c1c(-c2ccc(N)c([N+](=O)[O-])c2)cc(-c2ccccc2)nc1C)N1CCOCC1. The Balaban J connectivity index is 1.89. The third-order valence-electron chi connectivity index (χ3n) is 5.88. The number of carbonyl (C=O) groups excluding carboxylic acids is 1.